The van der Waals surface area contributed by atoms with Crippen molar-refractivity contribution in [3.8, 4) is 0 Å². The van der Waals surface area contributed by atoms with E-state index in [2.05, 4.69) is 91.1 Å². The predicted octanol–water partition coefficient (Wildman–Crippen LogP) is 9.89. The molecule has 0 unspecified atom stereocenters. The average Bonchev–Trinajstić information content (AvgIpc) is 2.88. The summed E-state index contributed by atoms with van der Waals surface area (Å²) in [6, 6.07) is 7.35. The lowest BCUT2D eigenvalue weighted by atomic mass is 9.81. The van der Waals surface area contributed by atoms with E-state index in [1.54, 1.807) is 11.1 Å². The fourth-order valence-electron chi connectivity index (χ4n) is 8.51. The Labute approximate surface area is 273 Å². The zero-order valence-corrected chi connectivity index (χ0v) is 30.6. The standard InChI is InChI=1S/C40H72N2O2/c1-10-33-27-32(21-17-13-11-15-19-25-43-35-28-37(2,3)41-38(4,5)29-35)23-24-34(33)22-18-14-12-16-20-26-44-36-30-39(6,7)42-40(8,9)31-36/h23-24,27,35-36,41-42H,10-22,25-26,28-31H2,1-9H3. The summed E-state index contributed by atoms with van der Waals surface area (Å²) in [7, 11) is 0. The summed E-state index contributed by atoms with van der Waals surface area (Å²) in [5.74, 6) is 0. The molecule has 4 heteroatoms. The van der Waals surface area contributed by atoms with Crippen molar-refractivity contribution in [1.29, 1.82) is 0 Å². The lowest BCUT2D eigenvalue weighted by molar-refractivity contribution is -0.0233. The summed E-state index contributed by atoms with van der Waals surface area (Å²) in [6.45, 7) is 22.6. The monoisotopic (exact) mass is 613 g/mol. The highest BCUT2D eigenvalue weighted by atomic mass is 16.5. The first-order chi connectivity index (χ1) is 20.7. The number of piperidine rings is 2. The third-order valence-electron chi connectivity index (χ3n) is 9.86. The molecule has 2 heterocycles. The van der Waals surface area contributed by atoms with Gasteiger partial charge in [-0.05, 0) is 143 Å². The second-order valence-electron chi connectivity index (χ2n) is 17.1. The third-order valence-corrected chi connectivity index (χ3v) is 9.86. The predicted molar refractivity (Wildman–Crippen MR) is 190 cm³/mol. The Kier molecular flexibility index (Phi) is 14.7. The Morgan fingerprint density at radius 2 is 0.955 bits per heavy atom. The van der Waals surface area contributed by atoms with Crippen LogP contribution in [0.2, 0.25) is 0 Å². The van der Waals surface area contributed by atoms with Gasteiger partial charge < -0.3 is 20.1 Å². The molecular weight excluding hydrogens is 540 g/mol. The molecule has 4 nitrogen and oxygen atoms in total. The number of ether oxygens (including phenoxy) is 2. The molecule has 2 aliphatic rings. The average molecular weight is 613 g/mol. The molecule has 2 fully saturated rings. The van der Waals surface area contributed by atoms with Gasteiger partial charge in [-0.25, -0.2) is 0 Å². The Morgan fingerprint density at radius 1 is 0.545 bits per heavy atom. The van der Waals surface area contributed by atoms with E-state index in [1.807, 2.05) is 0 Å². The maximum absolute atomic E-state index is 6.31. The van der Waals surface area contributed by atoms with E-state index in [1.165, 1.54) is 82.6 Å². The van der Waals surface area contributed by atoms with Gasteiger partial charge >= 0.3 is 0 Å². The summed E-state index contributed by atoms with van der Waals surface area (Å²) in [5, 5.41) is 7.51. The van der Waals surface area contributed by atoms with Gasteiger partial charge in [0.25, 0.3) is 0 Å². The van der Waals surface area contributed by atoms with Crippen LogP contribution >= 0.6 is 0 Å². The molecule has 0 aliphatic carbocycles. The van der Waals surface area contributed by atoms with Gasteiger partial charge in [-0.1, -0.05) is 63.6 Å². The number of hydrogen-bond donors (Lipinski definition) is 2. The molecule has 0 amide bonds. The summed E-state index contributed by atoms with van der Waals surface area (Å²) in [5.41, 5.74) is 5.36. The van der Waals surface area contributed by atoms with Crippen LogP contribution in [0.4, 0.5) is 0 Å². The van der Waals surface area contributed by atoms with E-state index in [4.69, 9.17) is 9.47 Å². The SMILES string of the molecule is CCc1cc(CCCCCCCOC2CC(C)(C)NC(C)(C)C2)ccc1CCCCCCCOC1CC(C)(C)NC(C)(C)C1. The number of rotatable bonds is 19. The topological polar surface area (TPSA) is 42.5 Å². The Bertz CT molecular complexity index is 934. The van der Waals surface area contributed by atoms with E-state index in [0.717, 1.165) is 45.3 Å². The van der Waals surface area contributed by atoms with Crippen LogP contribution in [0.1, 0.15) is 169 Å². The van der Waals surface area contributed by atoms with Crippen LogP contribution in [0.25, 0.3) is 0 Å². The first kappa shape index (κ1) is 37.5. The fraction of sp³-hybridized carbons (Fsp3) is 0.850. The largest absolute Gasteiger partial charge is 0.378 e. The zero-order chi connectivity index (χ0) is 32.3. The normalized spacial score (nSPS) is 21.5. The number of benzene rings is 1. The van der Waals surface area contributed by atoms with E-state index in [9.17, 15) is 0 Å². The van der Waals surface area contributed by atoms with Gasteiger partial charge in [0.2, 0.25) is 0 Å². The van der Waals surface area contributed by atoms with Gasteiger partial charge in [-0.2, -0.15) is 0 Å². The van der Waals surface area contributed by atoms with Crippen molar-refractivity contribution in [2.24, 2.45) is 0 Å². The molecule has 0 bridgehead atoms. The Morgan fingerprint density at radius 3 is 1.41 bits per heavy atom. The highest BCUT2D eigenvalue weighted by Crippen LogP contribution is 2.31. The minimum atomic E-state index is 0.167. The van der Waals surface area contributed by atoms with E-state index in [-0.39, 0.29) is 22.2 Å². The maximum Gasteiger partial charge on any atom is 0.0609 e. The Hall–Kier alpha value is -0.940. The molecule has 1 aromatic rings. The second kappa shape index (κ2) is 17.3. The van der Waals surface area contributed by atoms with Gasteiger partial charge in [0.05, 0.1) is 12.2 Å². The summed E-state index contributed by atoms with van der Waals surface area (Å²) in [6.07, 6.45) is 21.7. The lowest BCUT2D eigenvalue weighted by Crippen LogP contribution is -2.59. The van der Waals surface area contributed by atoms with Crippen molar-refractivity contribution in [1.82, 2.24) is 10.6 Å². The van der Waals surface area contributed by atoms with Gasteiger partial charge in [0.15, 0.2) is 0 Å². The molecule has 2 aliphatic heterocycles. The highest BCUT2D eigenvalue weighted by molar-refractivity contribution is 5.32. The van der Waals surface area contributed by atoms with Crippen LogP contribution in [0.15, 0.2) is 18.2 Å². The van der Waals surface area contributed by atoms with Gasteiger partial charge in [-0.3, -0.25) is 0 Å². The van der Waals surface area contributed by atoms with Crippen molar-refractivity contribution in [3.63, 3.8) is 0 Å². The number of aryl methyl sites for hydroxylation is 3. The molecule has 254 valence electrons. The smallest absolute Gasteiger partial charge is 0.0609 e. The van der Waals surface area contributed by atoms with Crippen molar-refractivity contribution < 1.29 is 9.47 Å². The van der Waals surface area contributed by atoms with Crippen LogP contribution < -0.4 is 10.6 Å². The molecule has 3 rings (SSSR count). The molecule has 2 N–H and O–H groups in total. The summed E-state index contributed by atoms with van der Waals surface area (Å²) >= 11 is 0. The zero-order valence-electron chi connectivity index (χ0n) is 30.6. The van der Waals surface area contributed by atoms with E-state index < -0.39 is 0 Å². The number of nitrogens with one attached hydrogen (secondary N) is 2. The van der Waals surface area contributed by atoms with Crippen LogP contribution in [-0.2, 0) is 28.7 Å². The summed E-state index contributed by atoms with van der Waals surface area (Å²) < 4.78 is 12.6. The molecule has 0 aromatic heterocycles. The molecule has 0 atom stereocenters. The quantitative estimate of drug-likeness (QED) is 0.153. The minimum absolute atomic E-state index is 0.167. The van der Waals surface area contributed by atoms with E-state index in [0.29, 0.717) is 12.2 Å². The van der Waals surface area contributed by atoms with Gasteiger partial charge in [-0.15, -0.1) is 0 Å². The van der Waals surface area contributed by atoms with Crippen molar-refractivity contribution >= 4 is 0 Å². The number of unbranched alkanes of at least 4 members (excludes halogenated alkanes) is 8. The first-order valence-electron chi connectivity index (χ1n) is 18.6. The van der Waals surface area contributed by atoms with Gasteiger partial charge in [0.1, 0.15) is 0 Å². The van der Waals surface area contributed by atoms with Crippen LogP contribution in [0.5, 0.6) is 0 Å². The van der Waals surface area contributed by atoms with Crippen LogP contribution in [0, 0.1) is 0 Å². The number of hydrogen-bond acceptors (Lipinski definition) is 4. The van der Waals surface area contributed by atoms with Crippen molar-refractivity contribution in [2.75, 3.05) is 13.2 Å². The minimum Gasteiger partial charge on any atom is -0.378 e. The Balaban J connectivity index is 1.21. The van der Waals surface area contributed by atoms with E-state index >= 15 is 0 Å². The molecular formula is C40H72N2O2. The molecule has 0 radical (unpaired) electrons. The van der Waals surface area contributed by atoms with Crippen LogP contribution in [-0.4, -0.2) is 47.6 Å². The van der Waals surface area contributed by atoms with Crippen molar-refractivity contribution in [2.45, 2.75) is 206 Å². The summed E-state index contributed by atoms with van der Waals surface area (Å²) in [4.78, 5) is 0. The molecule has 0 saturated carbocycles. The van der Waals surface area contributed by atoms with Crippen molar-refractivity contribution in [3.05, 3.63) is 34.9 Å². The molecule has 2 saturated heterocycles. The molecule has 44 heavy (non-hydrogen) atoms. The first-order valence-corrected chi connectivity index (χ1v) is 18.6. The lowest BCUT2D eigenvalue weighted by Gasteiger charge is -2.46. The maximum atomic E-state index is 6.31. The highest BCUT2D eigenvalue weighted by Gasteiger charge is 2.39. The third kappa shape index (κ3) is 14.2. The second-order valence-corrected chi connectivity index (χ2v) is 17.1. The van der Waals surface area contributed by atoms with Crippen LogP contribution in [0.3, 0.4) is 0 Å². The molecule has 1 aromatic carbocycles. The molecule has 0 spiro atoms. The fourth-order valence-corrected chi connectivity index (χ4v) is 8.51. The van der Waals surface area contributed by atoms with Gasteiger partial charge in [0, 0.05) is 35.4 Å².